The van der Waals surface area contributed by atoms with Gasteiger partial charge in [0.25, 0.3) is 0 Å². The predicted octanol–water partition coefficient (Wildman–Crippen LogP) is 2.66. The van der Waals surface area contributed by atoms with Crippen LogP contribution in [0.4, 0.5) is 0 Å². The van der Waals surface area contributed by atoms with Crippen molar-refractivity contribution in [2.75, 3.05) is 19.6 Å². The van der Waals surface area contributed by atoms with Gasteiger partial charge in [0, 0.05) is 18.2 Å². The fourth-order valence-electron chi connectivity index (χ4n) is 3.71. The molecule has 1 aromatic carbocycles. The summed E-state index contributed by atoms with van der Waals surface area (Å²) in [5, 5.41) is 13.6. The zero-order valence-electron chi connectivity index (χ0n) is 12.4. The van der Waals surface area contributed by atoms with Gasteiger partial charge in [-0.15, -0.1) is 0 Å². The van der Waals surface area contributed by atoms with Crippen molar-refractivity contribution in [2.45, 2.75) is 45.2 Å². The molecule has 0 saturated carbocycles. The van der Waals surface area contributed by atoms with E-state index in [9.17, 15) is 5.11 Å². The molecule has 3 nitrogen and oxygen atoms in total. The van der Waals surface area contributed by atoms with Crippen molar-refractivity contribution in [1.29, 1.82) is 0 Å². The van der Waals surface area contributed by atoms with E-state index < -0.39 is 0 Å². The third kappa shape index (κ3) is 3.15. The van der Waals surface area contributed by atoms with Crippen molar-refractivity contribution >= 4 is 0 Å². The number of rotatable bonds is 3. The Bertz CT molecular complexity index is 446. The van der Waals surface area contributed by atoms with Crippen LogP contribution in [0.2, 0.25) is 0 Å². The lowest BCUT2D eigenvalue weighted by Gasteiger charge is -2.35. The summed E-state index contributed by atoms with van der Waals surface area (Å²) in [6, 6.07) is 6.67. The van der Waals surface area contributed by atoms with Gasteiger partial charge in [-0.05, 0) is 64.2 Å². The Balaban J connectivity index is 1.54. The second-order valence-corrected chi connectivity index (χ2v) is 6.45. The summed E-state index contributed by atoms with van der Waals surface area (Å²) in [7, 11) is 0. The fourth-order valence-corrected chi connectivity index (χ4v) is 3.71. The van der Waals surface area contributed by atoms with E-state index in [1.807, 2.05) is 12.1 Å². The van der Waals surface area contributed by atoms with Crippen molar-refractivity contribution in [3.8, 4) is 5.75 Å². The van der Waals surface area contributed by atoms with Crippen molar-refractivity contribution in [3.63, 3.8) is 0 Å². The Kier molecular flexibility index (Phi) is 4.27. The molecular weight excluding hydrogens is 248 g/mol. The number of aromatic hydroxyl groups is 1. The van der Waals surface area contributed by atoms with Crippen molar-refractivity contribution in [2.24, 2.45) is 5.92 Å². The van der Waals surface area contributed by atoms with Crippen LogP contribution in [0.25, 0.3) is 0 Å². The van der Waals surface area contributed by atoms with Gasteiger partial charge in [0.15, 0.2) is 0 Å². The molecule has 0 spiro atoms. The SMILES string of the molecule is Cc1ccc(O)c(CN2CCC(C3CCCN3)CC2)c1. The van der Waals surface area contributed by atoms with Gasteiger partial charge in [0.1, 0.15) is 5.75 Å². The molecule has 0 radical (unpaired) electrons. The third-order valence-electron chi connectivity index (χ3n) is 4.93. The lowest BCUT2D eigenvalue weighted by atomic mass is 9.88. The molecule has 0 bridgehead atoms. The topological polar surface area (TPSA) is 35.5 Å². The molecule has 1 atom stereocenters. The molecule has 2 aliphatic heterocycles. The maximum absolute atomic E-state index is 9.95. The quantitative estimate of drug-likeness (QED) is 0.889. The normalized spacial score (nSPS) is 25.1. The van der Waals surface area contributed by atoms with Crippen LogP contribution < -0.4 is 5.32 Å². The smallest absolute Gasteiger partial charge is 0.120 e. The first-order chi connectivity index (χ1) is 9.72. The Labute approximate surface area is 122 Å². The number of likely N-dealkylation sites (tertiary alicyclic amines) is 1. The van der Waals surface area contributed by atoms with Crippen LogP contribution in [0.15, 0.2) is 18.2 Å². The molecule has 2 aliphatic rings. The van der Waals surface area contributed by atoms with Crippen LogP contribution in [0.1, 0.15) is 36.8 Å². The first kappa shape index (κ1) is 13.9. The number of nitrogens with one attached hydrogen (secondary N) is 1. The predicted molar refractivity (Wildman–Crippen MR) is 81.9 cm³/mol. The van der Waals surface area contributed by atoms with E-state index in [0.29, 0.717) is 5.75 Å². The summed E-state index contributed by atoms with van der Waals surface area (Å²) in [4.78, 5) is 2.49. The second kappa shape index (κ2) is 6.15. The lowest BCUT2D eigenvalue weighted by Crippen LogP contribution is -2.40. The maximum atomic E-state index is 9.95. The summed E-state index contributed by atoms with van der Waals surface area (Å²) in [5.41, 5.74) is 2.30. The van der Waals surface area contributed by atoms with Crippen molar-refractivity contribution in [3.05, 3.63) is 29.3 Å². The summed E-state index contributed by atoms with van der Waals surface area (Å²) in [6.07, 6.45) is 5.31. The largest absolute Gasteiger partial charge is 0.508 e. The molecule has 2 saturated heterocycles. The maximum Gasteiger partial charge on any atom is 0.120 e. The van der Waals surface area contributed by atoms with Crippen LogP contribution >= 0.6 is 0 Å². The van der Waals surface area contributed by atoms with E-state index in [2.05, 4.69) is 23.2 Å². The molecule has 110 valence electrons. The van der Waals surface area contributed by atoms with Crippen molar-refractivity contribution in [1.82, 2.24) is 10.2 Å². The molecule has 0 amide bonds. The molecule has 0 aromatic heterocycles. The van der Waals surface area contributed by atoms with Gasteiger partial charge in [0.05, 0.1) is 0 Å². The minimum atomic E-state index is 0.440. The minimum absolute atomic E-state index is 0.440. The van der Waals surface area contributed by atoms with Gasteiger partial charge >= 0.3 is 0 Å². The van der Waals surface area contributed by atoms with E-state index >= 15 is 0 Å². The minimum Gasteiger partial charge on any atom is -0.508 e. The average molecular weight is 274 g/mol. The number of phenolic OH excluding ortho intramolecular Hbond substituents is 1. The van der Waals surface area contributed by atoms with E-state index in [0.717, 1.165) is 37.2 Å². The molecule has 2 heterocycles. The van der Waals surface area contributed by atoms with Gasteiger partial charge < -0.3 is 10.4 Å². The van der Waals surface area contributed by atoms with Crippen LogP contribution in [0, 0.1) is 12.8 Å². The zero-order chi connectivity index (χ0) is 13.9. The Hall–Kier alpha value is -1.06. The van der Waals surface area contributed by atoms with Crippen LogP contribution in [-0.4, -0.2) is 35.7 Å². The highest BCUT2D eigenvalue weighted by molar-refractivity contribution is 5.35. The van der Waals surface area contributed by atoms with Crippen LogP contribution in [0.3, 0.4) is 0 Å². The summed E-state index contributed by atoms with van der Waals surface area (Å²) >= 11 is 0. The van der Waals surface area contributed by atoms with Gasteiger partial charge in [-0.2, -0.15) is 0 Å². The van der Waals surface area contributed by atoms with Gasteiger partial charge in [-0.25, -0.2) is 0 Å². The van der Waals surface area contributed by atoms with E-state index in [1.54, 1.807) is 0 Å². The number of benzene rings is 1. The molecule has 20 heavy (non-hydrogen) atoms. The average Bonchev–Trinajstić information content (AvgIpc) is 2.98. The number of hydrogen-bond donors (Lipinski definition) is 2. The Morgan fingerprint density at radius 1 is 1.25 bits per heavy atom. The molecule has 1 aromatic rings. The van der Waals surface area contributed by atoms with E-state index in [-0.39, 0.29) is 0 Å². The third-order valence-corrected chi connectivity index (χ3v) is 4.93. The number of aryl methyl sites for hydroxylation is 1. The van der Waals surface area contributed by atoms with E-state index in [4.69, 9.17) is 0 Å². The number of piperidine rings is 1. The highest BCUT2D eigenvalue weighted by Crippen LogP contribution is 2.27. The first-order valence-corrected chi connectivity index (χ1v) is 7.96. The highest BCUT2D eigenvalue weighted by atomic mass is 16.3. The standard InChI is InChI=1S/C17H26N2O/c1-13-4-5-17(20)15(11-13)12-19-9-6-14(7-10-19)16-3-2-8-18-16/h4-5,11,14,16,18,20H,2-3,6-10,12H2,1H3. The fraction of sp³-hybridized carbons (Fsp3) is 0.647. The number of nitrogens with zero attached hydrogens (tertiary/aromatic N) is 1. The number of phenols is 1. The highest BCUT2D eigenvalue weighted by Gasteiger charge is 2.28. The van der Waals surface area contributed by atoms with Gasteiger partial charge in [0.2, 0.25) is 0 Å². The van der Waals surface area contributed by atoms with E-state index in [1.165, 1.54) is 37.8 Å². The lowest BCUT2D eigenvalue weighted by molar-refractivity contribution is 0.156. The second-order valence-electron chi connectivity index (χ2n) is 6.45. The Morgan fingerprint density at radius 2 is 2.05 bits per heavy atom. The monoisotopic (exact) mass is 274 g/mol. The first-order valence-electron chi connectivity index (χ1n) is 7.96. The molecule has 0 aliphatic carbocycles. The van der Waals surface area contributed by atoms with Gasteiger partial charge in [-0.3, -0.25) is 4.90 Å². The van der Waals surface area contributed by atoms with Gasteiger partial charge in [-0.1, -0.05) is 17.7 Å². The zero-order valence-corrected chi connectivity index (χ0v) is 12.4. The molecule has 3 rings (SSSR count). The number of hydrogen-bond acceptors (Lipinski definition) is 3. The summed E-state index contributed by atoms with van der Waals surface area (Å²) < 4.78 is 0. The van der Waals surface area contributed by atoms with Crippen LogP contribution in [-0.2, 0) is 6.54 Å². The summed E-state index contributed by atoms with van der Waals surface area (Å²) in [6.45, 7) is 6.51. The van der Waals surface area contributed by atoms with Crippen molar-refractivity contribution < 1.29 is 5.11 Å². The molecule has 3 heteroatoms. The molecule has 2 N–H and O–H groups in total. The summed E-state index contributed by atoms with van der Waals surface area (Å²) in [5.74, 6) is 1.30. The Morgan fingerprint density at radius 3 is 2.75 bits per heavy atom. The molecule has 2 fully saturated rings. The van der Waals surface area contributed by atoms with Crippen LogP contribution in [0.5, 0.6) is 5.75 Å². The molecular formula is C17H26N2O. The molecule has 1 unspecified atom stereocenters.